The Balaban J connectivity index is 1.80. The molecular formula is C18H22ClN3O3. The Labute approximate surface area is 151 Å². The van der Waals surface area contributed by atoms with Crippen LogP contribution in [0.5, 0.6) is 0 Å². The zero-order chi connectivity index (χ0) is 18.0. The lowest BCUT2D eigenvalue weighted by atomic mass is 9.94. The van der Waals surface area contributed by atoms with Crippen molar-refractivity contribution < 1.29 is 14.6 Å². The molecule has 1 aromatic carbocycles. The van der Waals surface area contributed by atoms with Crippen molar-refractivity contribution in [2.45, 2.75) is 31.5 Å². The summed E-state index contributed by atoms with van der Waals surface area (Å²) < 4.78 is 5.56. The Hall–Kier alpha value is -1.73. The highest BCUT2D eigenvalue weighted by Gasteiger charge is 2.32. The van der Waals surface area contributed by atoms with Crippen molar-refractivity contribution >= 4 is 28.3 Å². The maximum atomic E-state index is 12.6. The van der Waals surface area contributed by atoms with Crippen LogP contribution >= 0.6 is 11.6 Å². The van der Waals surface area contributed by atoms with Crippen LogP contribution < -0.4 is 10.6 Å². The number of ether oxygens (including phenoxy) is 1. The summed E-state index contributed by atoms with van der Waals surface area (Å²) >= 11 is 6.24. The lowest BCUT2D eigenvalue weighted by Gasteiger charge is -2.32. The van der Waals surface area contributed by atoms with E-state index in [9.17, 15) is 4.79 Å². The van der Waals surface area contributed by atoms with E-state index in [-0.39, 0.29) is 18.6 Å². The summed E-state index contributed by atoms with van der Waals surface area (Å²) in [7, 11) is 0. The van der Waals surface area contributed by atoms with Crippen LogP contribution in [-0.2, 0) is 15.1 Å². The molecule has 3 N–H and O–H groups in total. The number of nitrogens with zero attached hydrogens (tertiary/aromatic N) is 1. The highest BCUT2D eigenvalue weighted by molar-refractivity contribution is 6.35. The van der Waals surface area contributed by atoms with Gasteiger partial charge in [0.05, 0.1) is 35.5 Å². The third-order valence-corrected chi connectivity index (χ3v) is 4.68. The smallest absolute Gasteiger partial charge is 0.251 e. The molecule has 7 heteroatoms. The SMILES string of the molecule is CC(C)(NC(=O)[C@@H]1CN[C@H](CO)CO1)c1ncc(Cl)c2ccccc12. The highest BCUT2D eigenvalue weighted by Crippen LogP contribution is 2.30. The van der Waals surface area contributed by atoms with E-state index < -0.39 is 11.6 Å². The molecule has 0 aliphatic carbocycles. The lowest BCUT2D eigenvalue weighted by Crippen LogP contribution is -2.56. The Morgan fingerprint density at radius 2 is 2.16 bits per heavy atom. The van der Waals surface area contributed by atoms with E-state index in [4.69, 9.17) is 21.4 Å². The van der Waals surface area contributed by atoms with Gasteiger partial charge in [-0.2, -0.15) is 0 Å². The Kier molecular flexibility index (Phi) is 5.24. The fourth-order valence-corrected chi connectivity index (χ4v) is 3.23. The van der Waals surface area contributed by atoms with Gasteiger partial charge in [-0.15, -0.1) is 0 Å². The number of pyridine rings is 1. The quantitative estimate of drug-likeness (QED) is 0.768. The van der Waals surface area contributed by atoms with Gasteiger partial charge < -0.3 is 20.5 Å². The van der Waals surface area contributed by atoms with Gasteiger partial charge in [-0.25, -0.2) is 0 Å². The lowest BCUT2D eigenvalue weighted by molar-refractivity contribution is -0.137. The van der Waals surface area contributed by atoms with Gasteiger partial charge in [-0.1, -0.05) is 35.9 Å². The molecule has 1 saturated heterocycles. The molecule has 1 amide bonds. The van der Waals surface area contributed by atoms with Gasteiger partial charge in [0, 0.05) is 23.5 Å². The zero-order valence-corrected chi connectivity index (χ0v) is 15.0. The van der Waals surface area contributed by atoms with Crippen molar-refractivity contribution in [2.24, 2.45) is 0 Å². The van der Waals surface area contributed by atoms with Crippen LogP contribution in [0.1, 0.15) is 19.5 Å². The monoisotopic (exact) mass is 363 g/mol. The van der Waals surface area contributed by atoms with Gasteiger partial charge in [0.1, 0.15) is 6.10 Å². The number of aromatic nitrogens is 1. The molecule has 25 heavy (non-hydrogen) atoms. The molecule has 3 rings (SSSR count). The average molecular weight is 364 g/mol. The largest absolute Gasteiger partial charge is 0.395 e. The first-order valence-corrected chi connectivity index (χ1v) is 8.62. The number of carbonyl (C=O) groups excluding carboxylic acids is 1. The molecule has 0 saturated carbocycles. The van der Waals surface area contributed by atoms with Crippen molar-refractivity contribution in [2.75, 3.05) is 19.8 Å². The fraction of sp³-hybridized carbons (Fsp3) is 0.444. The number of carbonyl (C=O) groups is 1. The molecule has 1 aromatic heterocycles. The number of fused-ring (bicyclic) bond motifs is 1. The normalized spacial score (nSPS) is 21.3. The molecule has 6 nitrogen and oxygen atoms in total. The Morgan fingerprint density at radius 3 is 2.80 bits per heavy atom. The maximum absolute atomic E-state index is 12.6. The van der Waals surface area contributed by atoms with Gasteiger partial charge in [0.25, 0.3) is 5.91 Å². The second-order valence-corrected chi connectivity index (χ2v) is 7.13. The van der Waals surface area contributed by atoms with E-state index in [1.165, 1.54) is 0 Å². The molecule has 0 radical (unpaired) electrons. The van der Waals surface area contributed by atoms with Crippen LogP contribution in [0.2, 0.25) is 5.02 Å². The van der Waals surface area contributed by atoms with E-state index in [2.05, 4.69) is 15.6 Å². The summed E-state index contributed by atoms with van der Waals surface area (Å²) in [5.74, 6) is -0.213. The van der Waals surface area contributed by atoms with Crippen LogP contribution in [0.4, 0.5) is 0 Å². The van der Waals surface area contributed by atoms with E-state index in [0.29, 0.717) is 18.2 Å². The molecule has 134 valence electrons. The van der Waals surface area contributed by atoms with E-state index in [0.717, 1.165) is 16.5 Å². The molecule has 2 heterocycles. The third kappa shape index (κ3) is 3.77. The molecule has 1 aliphatic rings. The minimum Gasteiger partial charge on any atom is -0.395 e. The van der Waals surface area contributed by atoms with E-state index >= 15 is 0 Å². The third-order valence-electron chi connectivity index (χ3n) is 4.38. The van der Waals surface area contributed by atoms with Crippen LogP contribution in [0.25, 0.3) is 10.8 Å². The van der Waals surface area contributed by atoms with Crippen molar-refractivity contribution in [3.05, 3.63) is 41.2 Å². The number of benzene rings is 1. The number of rotatable bonds is 4. The molecule has 2 atom stereocenters. The van der Waals surface area contributed by atoms with Gasteiger partial charge in [-0.05, 0) is 13.8 Å². The number of halogens is 1. The first kappa shape index (κ1) is 18.1. The molecular weight excluding hydrogens is 342 g/mol. The van der Waals surface area contributed by atoms with Crippen molar-refractivity contribution in [3.63, 3.8) is 0 Å². The van der Waals surface area contributed by atoms with Crippen LogP contribution in [0.15, 0.2) is 30.5 Å². The number of morpholine rings is 1. The highest BCUT2D eigenvalue weighted by atomic mass is 35.5. The predicted molar refractivity (Wildman–Crippen MR) is 96.5 cm³/mol. The topological polar surface area (TPSA) is 83.5 Å². The summed E-state index contributed by atoms with van der Waals surface area (Å²) in [6, 6.07) is 7.60. The van der Waals surface area contributed by atoms with Crippen LogP contribution in [0, 0.1) is 0 Å². The summed E-state index contributed by atoms with van der Waals surface area (Å²) in [5, 5.41) is 17.6. The summed E-state index contributed by atoms with van der Waals surface area (Å²) in [5.41, 5.74) is 0.0520. The number of aliphatic hydroxyl groups is 1. The van der Waals surface area contributed by atoms with Gasteiger partial charge in [-0.3, -0.25) is 9.78 Å². The number of hydrogen-bond donors (Lipinski definition) is 3. The van der Waals surface area contributed by atoms with Crippen LogP contribution in [-0.4, -0.2) is 47.9 Å². The number of amides is 1. The average Bonchev–Trinajstić information content (AvgIpc) is 2.61. The second kappa shape index (κ2) is 7.25. The molecule has 0 bridgehead atoms. The Bertz CT molecular complexity index is 773. The first-order valence-electron chi connectivity index (χ1n) is 8.24. The minimum absolute atomic E-state index is 0.0134. The van der Waals surface area contributed by atoms with Gasteiger partial charge in [0.2, 0.25) is 0 Å². The summed E-state index contributed by atoms with van der Waals surface area (Å²) in [6.07, 6.45) is 1.01. The number of nitrogens with one attached hydrogen (secondary N) is 2. The van der Waals surface area contributed by atoms with E-state index in [1.807, 2.05) is 38.1 Å². The van der Waals surface area contributed by atoms with Gasteiger partial charge >= 0.3 is 0 Å². The Morgan fingerprint density at radius 1 is 1.44 bits per heavy atom. The molecule has 1 aliphatic heterocycles. The summed E-state index contributed by atoms with van der Waals surface area (Å²) in [6.45, 7) is 4.46. The zero-order valence-electron chi connectivity index (χ0n) is 14.3. The summed E-state index contributed by atoms with van der Waals surface area (Å²) in [4.78, 5) is 17.1. The fourth-order valence-electron chi connectivity index (χ4n) is 3.01. The van der Waals surface area contributed by atoms with Crippen LogP contribution in [0.3, 0.4) is 0 Å². The maximum Gasteiger partial charge on any atom is 0.251 e. The predicted octanol–water partition coefficient (Wildman–Crippen LogP) is 1.59. The van der Waals surface area contributed by atoms with Crippen molar-refractivity contribution in [1.82, 2.24) is 15.6 Å². The molecule has 2 aromatic rings. The first-order chi connectivity index (χ1) is 11.9. The van der Waals surface area contributed by atoms with Crippen molar-refractivity contribution in [3.8, 4) is 0 Å². The molecule has 0 spiro atoms. The van der Waals surface area contributed by atoms with Gasteiger partial charge in [0.15, 0.2) is 0 Å². The number of aliphatic hydroxyl groups excluding tert-OH is 1. The minimum atomic E-state index is -0.696. The van der Waals surface area contributed by atoms with Crippen molar-refractivity contribution in [1.29, 1.82) is 0 Å². The number of hydrogen-bond acceptors (Lipinski definition) is 5. The van der Waals surface area contributed by atoms with E-state index in [1.54, 1.807) is 6.20 Å². The second-order valence-electron chi connectivity index (χ2n) is 6.72. The standard InChI is InChI=1S/C18H22ClN3O3/c1-18(2,22-17(24)15-8-20-11(9-23)10-25-15)16-13-6-4-3-5-12(13)14(19)7-21-16/h3-7,11,15,20,23H,8-10H2,1-2H3,(H,22,24)/t11-,15+/m1/s1. The molecule has 0 unspecified atom stereocenters. The molecule has 1 fully saturated rings.